The van der Waals surface area contributed by atoms with E-state index in [1.165, 1.54) is 5.56 Å². The summed E-state index contributed by atoms with van der Waals surface area (Å²) in [6, 6.07) is 12.5. The van der Waals surface area contributed by atoms with Gasteiger partial charge in [-0.3, -0.25) is 0 Å². The minimum Gasteiger partial charge on any atom is -0.359 e. The number of benzene rings is 1. The molecule has 0 unspecified atom stereocenters. The highest BCUT2D eigenvalue weighted by Gasteiger charge is 2.07. The van der Waals surface area contributed by atoms with Crippen molar-refractivity contribution in [3.05, 3.63) is 53.4 Å². The first-order valence-electron chi connectivity index (χ1n) is 9.78. The van der Waals surface area contributed by atoms with E-state index in [4.69, 9.17) is 4.52 Å². The van der Waals surface area contributed by atoms with Crippen LogP contribution >= 0.6 is 0 Å². The second-order valence-corrected chi connectivity index (χ2v) is 7.07. The van der Waals surface area contributed by atoms with Gasteiger partial charge in [0.2, 0.25) is 0 Å². The molecule has 0 spiro atoms. The Bertz CT molecular complexity index is 681. The normalized spacial score (nSPS) is 12.0. The summed E-state index contributed by atoms with van der Waals surface area (Å²) in [4.78, 5) is 6.92. The Kier molecular flexibility index (Phi) is 8.84. The van der Waals surface area contributed by atoms with Gasteiger partial charge in [0.15, 0.2) is 11.7 Å². The third-order valence-electron chi connectivity index (χ3n) is 4.21. The lowest BCUT2D eigenvalue weighted by atomic mass is 10.1. The predicted octanol–water partition coefficient (Wildman–Crippen LogP) is 3.38. The molecule has 0 aliphatic carbocycles. The molecule has 148 valence electrons. The van der Waals surface area contributed by atoms with Gasteiger partial charge in [-0.25, -0.2) is 4.99 Å². The van der Waals surface area contributed by atoms with Crippen molar-refractivity contribution in [2.75, 3.05) is 26.7 Å². The van der Waals surface area contributed by atoms with E-state index in [2.05, 4.69) is 83.8 Å². The van der Waals surface area contributed by atoms with E-state index < -0.39 is 0 Å². The third-order valence-corrected chi connectivity index (χ3v) is 4.21. The van der Waals surface area contributed by atoms with Gasteiger partial charge in [-0.15, -0.1) is 0 Å². The van der Waals surface area contributed by atoms with E-state index in [0.29, 0.717) is 12.5 Å². The topological polar surface area (TPSA) is 65.7 Å². The molecule has 0 amide bonds. The van der Waals surface area contributed by atoms with Crippen molar-refractivity contribution < 1.29 is 4.52 Å². The second-order valence-electron chi connectivity index (χ2n) is 7.07. The third kappa shape index (κ3) is 7.83. The Morgan fingerprint density at radius 2 is 2.00 bits per heavy atom. The van der Waals surface area contributed by atoms with E-state index in [-0.39, 0.29) is 0 Å². The monoisotopic (exact) mass is 371 g/mol. The number of hydrogen-bond acceptors (Lipinski definition) is 4. The van der Waals surface area contributed by atoms with Crippen LogP contribution in [-0.4, -0.2) is 42.7 Å². The van der Waals surface area contributed by atoms with Crippen LogP contribution in [-0.2, 0) is 13.1 Å². The lowest BCUT2D eigenvalue weighted by molar-refractivity contribution is 0.322. The van der Waals surface area contributed by atoms with E-state index in [1.54, 1.807) is 0 Å². The van der Waals surface area contributed by atoms with Gasteiger partial charge in [0.1, 0.15) is 6.54 Å². The molecule has 0 aliphatic heterocycles. The number of nitrogens with one attached hydrogen (secondary N) is 2. The van der Waals surface area contributed by atoms with Crippen LogP contribution in [0.25, 0.3) is 0 Å². The summed E-state index contributed by atoms with van der Waals surface area (Å²) in [5.41, 5.74) is 2.32. The molecule has 0 fully saturated rings. The SMILES string of the molecule is CCNC(=NCc1cc(C(C)C)no1)NCCCN(C)Cc1ccccc1. The molecule has 6 heteroatoms. The predicted molar refractivity (Wildman–Crippen MR) is 111 cm³/mol. The van der Waals surface area contributed by atoms with Crippen molar-refractivity contribution in [1.29, 1.82) is 0 Å². The molecular formula is C21H33N5O. The zero-order chi connectivity index (χ0) is 19.5. The van der Waals surface area contributed by atoms with Gasteiger partial charge in [-0.1, -0.05) is 49.3 Å². The summed E-state index contributed by atoms with van der Waals surface area (Å²) < 4.78 is 5.35. The summed E-state index contributed by atoms with van der Waals surface area (Å²) in [7, 11) is 2.16. The molecule has 2 N–H and O–H groups in total. The Balaban J connectivity index is 1.73. The largest absolute Gasteiger partial charge is 0.359 e. The average Bonchev–Trinajstić information content (AvgIpc) is 3.13. The van der Waals surface area contributed by atoms with Crippen LogP contribution in [0, 0.1) is 0 Å². The molecule has 2 rings (SSSR count). The number of aliphatic imine (C=N–C) groups is 1. The standard InChI is InChI=1S/C21H33N5O/c1-5-22-21(24-15-19-14-20(17(2)3)25-27-19)23-12-9-13-26(4)16-18-10-7-6-8-11-18/h6-8,10-11,14,17H,5,9,12-13,15-16H2,1-4H3,(H2,22,23,24). The maximum absolute atomic E-state index is 5.35. The Morgan fingerprint density at radius 1 is 1.22 bits per heavy atom. The molecule has 2 aromatic rings. The van der Waals surface area contributed by atoms with Gasteiger partial charge in [-0.2, -0.15) is 0 Å². The second kappa shape index (κ2) is 11.4. The van der Waals surface area contributed by atoms with Crippen molar-refractivity contribution in [3.8, 4) is 0 Å². The number of guanidine groups is 1. The van der Waals surface area contributed by atoms with Crippen molar-refractivity contribution in [1.82, 2.24) is 20.7 Å². The molecule has 0 aliphatic rings. The maximum atomic E-state index is 5.35. The minimum absolute atomic E-state index is 0.366. The molecule has 1 heterocycles. The average molecular weight is 372 g/mol. The van der Waals surface area contributed by atoms with Gasteiger partial charge in [0.25, 0.3) is 0 Å². The first-order chi connectivity index (χ1) is 13.1. The molecular weight excluding hydrogens is 338 g/mol. The molecule has 1 aromatic heterocycles. The minimum atomic E-state index is 0.366. The van der Waals surface area contributed by atoms with Crippen molar-refractivity contribution in [2.24, 2.45) is 4.99 Å². The van der Waals surface area contributed by atoms with Crippen LogP contribution < -0.4 is 10.6 Å². The molecule has 0 saturated carbocycles. The highest BCUT2D eigenvalue weighted by Crippen LogP contribution is 2.14. The number of nitrogens with zero attached hydrogens (tertiary/aromatic N) is 3. The lowest BCUT2D eigenvalue weighted by Gasteiger charge is -2.17. The lowest BCUT2D eigenvalue weighted by Crippen LogP contribution is -2.38. The van der Waals surface area contributed by atoms with E-state index in [1.807, 2.05) is 6.07 Å². The van der Waals surface area contributed by atoms with Gasteiger partial charge in [0.05, 0.1) is 5.69 Å². The van der Waals surface area contributed by atoms with Crippen LogP contribution in [0.2, 0.25) is 0 Å². The van der Waals surface area contributed by atoms with E-state index in [9.17, 15) is 0 Å². The molecule has 0 saturated heterocycles. The van der Waals surface area contributed by atoms with Crippen molar-refractivity contribution >= 4 is 5.96 Å². The first-order valence-corrected chi connectivity index (χ1v) is 9.78. The van der Waals surface area contributed by atoms with E-state index in [0.717, 1.165) is 50.0 Å². The van der Waals surface area contributed by atoms with Crippen LogP contribution in [0.5, 0.6) is 0 Å². The van der Waals surface area contributed by atoms with Crippen molar-refractivity contribution in [2.45, 2.75) is 46.2 Å². The molecule has 0 bridgehead atoms. The molecule has 27 heavy (non-hydrogen) atoms. The fourth-order valence-electron chi connectivity index (χ4n) is 2.70. The van der Waals surface area contributed by atoms with Gasteiger partial charge >= 0.3 is 0 Å². The molecule has 1 aromatic carbocycles. The van der Waals surface area contributed by atoms with Crippen LogP contribution in [0.3, 0.4) is 0 Å². The zero-order valence-corrected chi connectivity index (χ0v) is 17.0. The van der Waals surface area contributed by atoms with E-state index >= 15 is 0 Å². The highest BCUT2D eigenvalue weighted by atomic mass is 16.5. The maximum Gasteiger partial charge on any atom is 0.191 e. The van der Waals surface area contributed by atoms with Gasteiger partial charge in [0, 0.05) is 25.7 Å². The summed E-state index contributed by atoms with van der Waals surface area (Å²) >= 11 is 0. The quantitative estimate of drug-likeness (QED) is 0.381. The zero-order valence-electron chi connectivity index (χ0n) is 17.0. The van der Waals surface area contributed by atoms with Gasteiger partial charge < -0.3 is 20.1 Å². The number of hydrogen-bond donors (Lipinski definition) is 2. The van der Waals surface area contributed by atoms with Crippen LogP contribution in [0.15, 0.2) is 45.9 Å². The number of rotatable bonds is 10. The highest BCUT2D eigenvalue weighted by molar-refractivity contribution is 5.79. The van der Waals surface area contributed by atoms with Crippen LogP contribution in [0.4, 0.5) is 0 Å². The molecule has 0 radical (unpaired) electrons. The molecule has 0 atom stereocenters. The van der Waals surface area contributed by atoms with Crippen LogP contribution in [0.1, 0.15) is 50.1 Å². The smallest absolute Gasteiger partial charge is 0.191 e. The summed E-state index contributed by atoms with van der Waals surface area (Å²) in [5.74, 6) is 1.97. The fourth-order valence-corrected chi connectivity index (χ4v) is 2.70. The Hall–Kier alpha value is -2.34. The Labute approximate surface area is 163 Å². The first kappa shape index (κ1) is 21.0. The summed E-state index contributed by atoms with van der Waals surface area (Å²) in [6.45, 7) is 10.5. The van der Waals surface area contributed by atoms with Crippen molar-refractivity contribution in [3.63, 3.8) is 0 Å². The van der Waals surface area contributed by atoms with Gasteiger partial charge in [-0.05, 0) is 38.4 Å². The summed E-state index contributed by atoms with van der Waals surface area (Å²) in [5, 5.41) is 10.7. The molecule has 6 nitrogen and oxygen atoms in total. The fraction of sp³-hybridized carbons (Fsp3) is 0.524. The Morgan fingerprint density at radius 3 is 2.67 bits per heavy atom. The number of aromatic nitrogens is 1. The summed E-state index contributed by atoms with van der Waals surface area (Å²) in [6.07, 6.45) is 1.05.